The summed E-state index contributed by atoms with van der Waals surface area (Å²) in [5.74, 6) is 0.502. The summed E-state index contributed by atoms with van der Waals surface area (Å²) in [5, 5.41) is 3.04. The molecule has 0 aliphatic carbocycles. The maximum absolute atomic E-state index is 11.8. The van der Waals surface area contributed by atoms with Crippen molar-refractivity contribution in [2.45, 2.75) is 19.3 Å². The van der Waals surface area contributed by atoms with Gasteiger partial charge in [-0.1, -0.05) is 0 Å². The minimum atomic E-state index is 0.246. The highest BCUT2D eigenvalue weighted by atomic mass is 16.1. The number of carbonyl (C=O) groups is 1. The van der Waals surface area contributed by atoms with E-state index in [0.29, 0.717) is 0 Å². The van der Waals surface area contributed by atoms with Crippen LogP contribution in [0.1, 0.15) is 19.3 Å². The van der Waals surface area contributed by atoms with Crippen LogP contribution < -0.4 is 5.32 Å². The molecule has 4 heteroatoms. The average molecular weight is 227 g/mol. The number of hydrogen-bond acceptors (Lipinski definition) is 3. The summed E-state index contributed by atoms with van der Waals surface area (Å²) in [6, 6.07) is 0. The number of hydrogen-bond donors (Lipinski definition) is 1. The molecule has 0 unspecified atom stereocenters. The SMILES string of the molecule is CN(C)CCCNC(=O)C1CCN(C)CC1. The Labute approximate surface area is 99.0 Å². The van der Waals surface area contributed by atoms with E-state index in [0.717, 1.165) is 45.4 Å². The monoisotopic (exact) mass is 227 g/mol. The summed E-state index contributed by atoms with van der Waals surface area (Å²) in [6.45, 7) is 3.95. The Kier molecular flexibility index (Phi) is 5.77. The molecule has 0 bridgehead atoms. The molecule has 1 N–H and O–H groups in total. The van der Waals surface area contributed by atoms with Gasteiger partial charge in [0.1, 0.15) is 0 Å². The van der Waals surface area contributed by atoms with Gasteiger partial charge in [0, 0.05) is 12.5 Å². The first-order valence-corrected chi connectivity index (χ1v) is 6.20. The van der Waals surface area contributed by atoms with Crippen molar-refractivity contribution in [3.05, 3.63) is 0 Å². The third kappa shape index (κ3) is 4.94. The Morgan fingerprint density at radius 1 is 1.38 bits per heavy atom. The number of amides is 1. The molecule has 0 radical (unpaired) electrons. The molecule has 94 valence electrons. The van der Waals surface area contributed by atoms with E-state index in [-0.39, 0.29) is 11.8 Å². The molecule has 1 fully saturated rings. The quantitative estimate of drug-likeness (QED) is 0.690. The molecular weight excluding hydrogens is 202 g/mol. The van der Waals surface area contributed by atoms with E-state index in [4.69, 9.17) is 0 Å². The van der Waals surface area contributed by atoms with Crippen LogP contribution in [0.2, 0.25) is 0 Å². The fraction of sp³-hybridized carbons (Fsp3) is 0.917. The number of nitrogens with zero attached hydrogens (tertiary/aromatic N) is 2. The van der Waals surface area contributed by atoms with Crippen molar-refractivity contribution in [2.24, 2.45) is 5.92 Å². The zero-order chi connectivity index (χ0) is 12.0. The molecule has 16 heavy (non-hydrogen) atoms. The molecule has 1 rings (SSSR count). The third-order valence-electron chi connectivity index (χ3n) is 3.17. The zero-order valence-corrected chi connectivity index (χ0v) is 10.8. The number of rotatable bonds is 5. The van der Waals surface area contributed by atoms with Crippen molar-refractivity contribution in [1.29, 1.82) is 0 Å². The summed E-state index contributed by atoms with van der Waals surface area (Å²) in [6.07, 6.45) is 3.05. The fourth-order valence-corrected chi connectivity index (χ4v) is 2.02. The van der Waals surface area contributed by atoms with Crippen LogP contribution in [0, 0.1) is 5.92 Å². The molecule has 0 aromatic carbocycles. The molecule has 1 aliphatic heterocycles. The van der Waals surface area contributed by atoms with Gasteiger partial charge in [0.2, 0.25) is 5.91 Å². The number of piperidine rings is 1. The predicted octanol–water partition coefficient (Wildman–Crippen LogP) is 0.396. The van der Waals surface area contributed by atoms with Crippen molar-refractivity contribution < 1.29 is 4.79 Å². The molecule has 4 nitrogen and oxygen atoms in total. The van der Waals surface area contributed by atoms with E-state index < -0.39 is 0 Å². The molecule has 0 saturated carbocycles. The van der Waals surface area contributed by atoms with Crippen LogP contribution in [-0.2, 0) is 4.79 Å². The van der Waals surface area contributed by atoms with E-state index in [1.54, 1.807) is 0 Å². The van der Waals surface area contributed by atoms with Gasteiger partial charge in [-0.15, -0.1) is 0 Å². The maximum atomic E-state index is 11.8. The molecule has 0 spiro atoms. The zero-order valence-electron chi connectivity index (χ0n) is 10.8. The Bertz CT molecular complexity index is 210. The topological polar surface area (TPSA) is 35.6 Å². The average Bonchev–Trinajstić information content (AvgIpc) is 2.25. The lowest BCUT2D eigenvalue weighted by Gasteiger charge is -2.28. The Morgan fingerprint density at radius 3 is 2.56 bits per heavy atom. The summed E-state index contributed by atoms with van der Waals surface area (Å²) in [7, 11) is 6.22. The summed E-state index contributed by atoms with van der Waals surface area (Å²) >= 11 is 0. The number of nitrogens with one attached hydrogen (secondary N) is 1. The Hall–Kier alpha value is -0.610. The molecular formula is C12H25N3O. The van der Waals surface area contributed by atoms with E-state index in [1.165, 1.54) is 0 Å². The lowest BCUT2D eigenvalue weighted by Crippen LogP contribution is -2.39. The van der Waals surface area contributed by atoms with Crippen molar-refractivity contribution >= 4 is 5.91 Å². The second kappa shape index (κ2) is 6.86. The fourth-order valence-electron chi connectivity index (χ4n) is 2.02. The molecule has 1 saturated heterocycles. The Balaban J connectivity index is 2.10. The first-order valence-electron chi connectivity index (χ1n) is 6.20. The smallest absolute Gasteiger partial charge is 0.223 e. The van der Waals surface area contributed by atoms with Crippen LogP contribution in [0.25, 0.3) is 0 Å². The minimum Gasteiger partial charge on any atom is -0.356 e. The summed E-state index contributed by atoms with van der Waals surface area (Å²) < 4.78 is 0. The maximum Gasteiger partial charge on any atom is 0.223 e. The van der Waals surface area contributed by atoms with Gasteiger partial charge in [-0.05, 0) is 60.0 Å². The van der Waals surface area contributed by atoms with Crippen LogP contribution in [0.15, 0.2) is 0 Å². The van der Waals surface area contributed by atoms with E-state index >= 15 is 0 Å². The highest BCUT2D eigenvalue weighted by molar-refractivity contribution is 5.78. The Morgan fingerprint density at radius 2 is 2.00 bits per heavy atom. The molecule has 0 aromatic rings. The molecule has 0 aromatic heterocycles. The van der Waals surface area contributed by atoms with E-state index in [1.807, 2.05) is 0 Å². The first-order chi connectivity index (χ1) is 7.59. The second-order valence-electron chi connectivity index (χ2n) is 5.03. The number of carbonyl (C=O) groups excluding carboxylic acids is 1. The highest BCUT2D eigenvalue weighted by Crippen LogP contribution is 2.15. The van der Waals surface area contributed by atoms with Gasteiger partial charge >= 0.3 is 0 Å². The van der Waals surface area contributed by atoms with Crippen LogP contribution in [0.4, 0.5) is 0 Å². The van der Waals surface area contributed by atoms with Gasteiger partial charge in [0.05, 0.1) is 0 Å². The summed E-state index contributed by atoms with van der Waals surface area (Å²) in [4.78, 5) is 16.2. The van der Waals surface area contributed by atoms with Crippen molar-refractivity contribution in [1.82, 2.24) is 15.1 Å². The predicted molar refractivity (Wildman–Crippen MR) is 66.4 cm³/mol. The number of likely N-dealkylation sites (tertiary alicyclic amines) is 1. The third-order valence-corrected chi connectivity index (χ3v) is 3.17. The molecule has 1 amide bonds. The van der Waals surface area contributed by atoms with E-state index in [9.17, 15) is 4.79 Å². The van der Waals surface area contributed by atoms with Crippen molar-refractivity contribution in [3.63, 3.8) is 0 Å². The standard InChI is InChI=1S/C12H25N3O/c1-14(2)8-4-7-13-12(16)11-5-9-15(3)10-6-11/h11H,4-10H2,1-3H3,(H,13,16). The lowest BCUT2D eigenvalue weighted by atomic mass is 9.96. The van der Waals surface area contributed by atoms with Crippen LogP contribution in [-0.4, -0.2) is 63.0 Å². The highest BCUT2D eigenvalue weighted by Gasteiger charge is 2.22. The minimum absolute atomic E-state index is 0.246. The second-order valence-corrected chi connectivity index (χ2v) is 5.03. The van der Waals surface area contributed by atoms with Gasteiger partial charge in [0.15, 0.2) is 0 Å². The molecule has 1 aliphatic rings. The van der Waals surface area contributed by atoms with Gasteiger partial charge < -0.3 is 15.1 Å². The molecule has 0 atom stereocenters. The first kappa shape index (κ1) is 13.5. The van der Waals surface area contributed by atoms with Crippen LogP contribution in [0.3, 0.4) is 0 Å². The van der Waals surface area contributed by atoms with E-state index in [2.05, 4.69) is 36.3 Å². The normalized spacial score (nSPS) is 19.0. The summed E-state index contributed by atoms with van der Waals surface area (Å²) in [5.41, 5.74) is 0. The van der Waals surface area contributed by atoms with Crippen molar-refractivity contribution in [2.75, 3.05) is 47.3 Å². The van der Waals surface area contributed by atoms with Crippen LogP contribution >= 0.6 is 0 Å². The lowest BCUT2D eigenvalue weighted by molar-refractivity contribution is -0.126. The molecule has 1 heterocycles. The van der Waals surface area contributed by atoms with Gasteiger partial charge in [-0.2, -0.15) is 0 Å². The van der Waals surface area contributed by atoms with Crippen molar-refractivity contribution in [3.8, 4) is 0 Å². The van der Waals surface area contributed by atoms with Gasteiger partial charge in [-0.25, -0.2) is 0 Å². The van der Waals surface area contributed by atoms with Crippen LogP contribution in [0.5, 0.6) is 0 Å². The largest absolute Gasteiger partial charge is 0.356 e. The van der Waals surface area contributed by atoms with Gasteiger partial charge in [-0.3, -0.25) is 4.79 Å². The van der Waals surface area contributed by atoms with Gasteiger partial charge in [0.25, 0.3) is 0 Å².